The van der Waals surface area contributed by atoms with Crippen LogP contribution in [-0.4, -0.2) is 11.8 Å². The normalized spacial score (nSPS) is 13.8. The summed E-state index contributed by atoms with van der Waals surface area (Å²) < 4.78 is 13.4. The highest BCUT2D eigenvalue weighted by molar-refractivity contribution is 6.36. The summed E-state index contributed by atoms with van der Waals surface area (Å²) in [6, 6.07) is 8.70. The maximum absolute atomic E-state index is 13.4. The van der Waals surface area contributed by atoms with Crippen LogP contribution in [-0.2, 0) is 0 Å². The van der Waals surface area contributed by atoms with E-state index >= 15 is 0 Å². The van der Waals surface area contributed by atoms with E-state index in [1.54, 1.807) is 25.1 Å². The van der Waals surface area contributed by atoms with Gasteiger partial charge < -0.3 is 5.73 Å². The largest absolute Gasteiger partial charge is 0.398 e. The second-order valence-corrected chi connectivity index (χ2v) is 4.65. The van der Waals surface area contributed by atoms with E-state index < -0.39 is 17.6 Å². The van der Waals surface area contributed by atoms with Crippen molar-refractivity contribution in [2.24, 2.45) is 0 Å². The first-order valence-corrected chi connectivity index (χ1v) is 6.04. The van der Waals surface area contributed by atoms with E-state index in [9.17, 15) is 14.0 Å². The molecule has 2 aromatic carbocycles. The fourth-order valence-corrected chi connectivity index (χ4v) is 2.35. The van der Waals surface area contributed by atoms with E-state index in [2.05, 4.69) is 0 Å². The number of hydrogen-bond acceptors (Lipinski definition) is 3. The predicted molar refractivity (Wildman–Crippen MR) is 73.1 cm³/mol. The molecule has 1 heterocycles. The quantitative estimate of drug-likeness (QED) is 0.639. The summed E-state index contributed by atoms with van der Waals surface area (Å²) in [6.45, 7) is 1.71. The zero-order valence-corrected chi connectivity index (χ0v) is 10.7. The van der Waals surface area contributed by atoms with Crippen molar-refractivity contribution in [3.8, 4) is 0 Å². The minimum absolute atomic E-state index is 0.182. The lowest BCUT2D eigenvalue weighted by Gasteiger charge is -2.16. The van der Waals surface area contributed by atoms with Gasteiger partial charge in [-0.25, -0.2) is 9.29 Å². The van der Waals surface area contributed by atoms with E-state index in [1.165, 1.54) is 18.2 Å². The highest BCUT2D eigenvalue weighted by Gasteiger charge is 2.38. The fourth-order valence-electron chi connectivity index (χ4n) is 2.35. The number of benzene rings is 2. The minimum Gasteiger partial charge on any atom is -0.398 e. The van der Waals surface area contributed by atoms with E-state index in [0.29, 0.717) is 5.56 Å². The van der Waals surface area contributed by atoms with E-state index in [4.69, 9.17) is 5.73 Å². The van der Waals surface area contributed by atoms with Crippen molar-refractivity contribution in [1.82, 2.24) is 0 Å². The molecule has 0 fully saturated rings. The van der Waals surface area contributed by atoms with Gasteiger partial charge in [-0.1, -0.05) is 12.1 Å². The molecule has 0 atom stereocenters. The number of fused-ring (bicyclic) bond motifs is 1. The third-order valence-electron chi connectivity index (χ3n) is 3.36. The van der Waals surface area contributed by atoms with Crippen LogP contribution < -0.4 is 10.6 Å². The third kappa shape index (κ3) is 1.60. The van der Waals surface area contributed by atoms with Crippen LogP contribution in [0, 0.1) is 12.7 Å². The molecule has 0 spiro atoms. The van der Waals surface area contributed by atoms with Crippen LogP contribution in [0.2, 0.25) is 0 Å². The highest BCUT2D eigenvalue weighted by Crippen LogP contribution is 2.33. The van der Waals surface area contributed by atoms with Gasteiger partial charge in [-0.05, 0) is 36.8 Å². The molecule has 0 saturated heterocycles. The van der Waals surface area contributed by atoms with Gasteiger partial charge in [0.2, 0.25) is 0 Å². The number of nitrogens with zero attached hydrogens (tertiary/aromatic N) is 1. The van der Waals surface area contributed by atoms with Crippen molar-refractivity contribution in [3.63, 3.8) is 0 Å². The molecule has 2 amide bonds. The Balaban J connectivity index is 2.19. The molecule has 100 valence electrons. The Labute approximate surface area is 114 Å². The number of imide groups is 1. The zero-order valence-electron chi connectivity index (χ0n) is 10.7. The molecule has 4 nitrogen and oxygen atoms in total. The molecule has 1 aliphatic heterocycles. The van der Waals surface area contributed by atoms with Crippen molar-refractivity contribution < 1.29 is 14.0 Å². The second-order valence-electron chi connectivity index (χ2n) is 4.65. The molecule has 0 aliphatic carbocycles. The Morgan fingerprint density at radius 1 is 1.10 bits per heavy atom. The Kier molecular flexibility index (Phi) is 2.57. The van der Waals surface area contributed by atoms with Crippen LogP contribution in [0.15, 0.2) is 36.4 Å². The van der Waals surface area contributed by atoms with Crippen molar-refractivity contribution >= 4 is 23.2 Å². The summed E-state index contributed by atoms with van der Waals surface area (Å²) in [6.07, 6.45) is 0. The molecule has 2 N–H and O–H groups in total. The molecule has 0 unspecified atom stereocenters. The van der Waals surface area contributed by atoms with Gasteiger partial charge in [0.1, 0.15) is 5.82 Å². The number of hydrogen-bond donors (Lipinski definition) is 1. The maximum Gasteiger partial charge on any atom is 0.268 e. The van der Waals surface area contributed by atoms with Crippen molar-refractivity contribution in [3.05, 3.63) is 58.9 Å². The average Bonchev–Trinajstić information content (AvgIpc) is 2.66. The van der Waals surface area contributed by atoms with E-state index in [0.717, 1.165) is 4.90 Å². The number of anilines is 2. The van der Waals surface area contributed by atoms with E-state index in [-0.39, 0.29) is 22.5 Å². The molecule has 0 aromatic heterocycles. The maximum atomic E-state index is 13.4. The van der Waals surface area contributed by atoms with Crippen LogP contribution in [0.1, 0.15) is 26.3 Å². The van der Waals surface area contributed by atoms with Gasteiger partial charge in [0.15, 0.2) is 0 Å². The SMILES string of the molecule is Cc1ccc(F)cc1N1C(=O)c2cccc(N)c2C1=O. The lowest BCUT2D eigenvalue weighted by molar-refractivity contribution is 0.0926. The lowest BCUT2D eigenvalue weighted by atomic mass is 10.1. The van der Waals surface area contributed by atoms with Crippen LogP contribution in [0.3, 0.4) is 0 Å². The molecule has 20 heavy (non-hydrogen) atoms. The first-order valence-electron chi connectivity index (χ1n) is 6.04. The van der Waals surface area contributed by atoms with Crippen LogP contribution in [0.5, 0.6) is 0 Å². The first kappa shape index (κ1) is 12.3. The molecular weight excluding hydrogens is 259 g/mol. The average molecular weight is 270 g/mol. The van der Waals surface area contributed by atoms with Gasteiger partial charge in [0.25, 0.3) is 11.8 Å². The van der Waals surface area contributed by atoms with Gasteiger partial charge in [-0.15, -0.1) is 0 Å². The molecule has 0 radical (unpaired) electrons. The third-order valence-corrected chi connectivity index (χ3v) is 3.36. The van der Waals surface area contributed by atoms with Gasteiger partial charge in [0, 0.05) is 5.69 Å². The Morgan fingerprint density at radius 3 is 2.55 bits per heavy atom. The zero-order chi connectivity index (χ0) is 14.4. The summed E-state index contributed by atoms with van der Waals surface area (Å²) >= 11 is 0. The molecule has 1 aliphatic rings. The molecule has 5 heteroatoms. The number of aryl methyl sites for hydroxylation is 1. The Bertz CT molecular complexity index is 756. The molecule has 0 saturated carbocycles. The topological polar surface area (TPSA) is 63.4 Å². The first-order chi connectivity index (χ1) is 9.50. The summed E-state index contributed by atoms with van der Waals surface area (Å²) in [5.74, 6) is -1.50. The summed E-state index contributed by atoms with van der Waals surface area (Å²) in [7, 11) is 0. The Morgan fingerprint density at radius 2 is 1.85 bits per heavy atom. The number of rotatable bonds is 1. The fraction of sp³-hybridized carbons (Fsp3) is 0.0667. The predicted octanol–water partition coefficient (Wildman–Crippen LogP) is 2.52. The van der Waals surface area contributed by atoms with Gasteiger partial charge in [-0.2, -0.15) is 0 Å². The van der Waals surface area contributed by atoms with Gasteiger partial charge in [-0.3, -0.25) is 9.59 Å². The molecular formula is C15H11FN2O2. The number of nitrogen functional groups attached to an aromatic ring is 1. The van der Waals surface area contributed by atoms with Crippen molar-refractivity contribution in [2.45, 2.75) is 6.92 Å². The van der Waals surface area contributed by atoms with Crippen LogP contribution in [0.25, 0.3) is 0 Å². The number of carbonyl (C=O) groups is 2. The van der Waals surface area contributed by atoms with Crippen LogP contribution >= 0.6 is 0 Å². The molecule has 2 aromatic rings. The summed E-state index contributed by atoms with van der Waals surface area (Å²) in [4.78, 5) is 25.7. The second kappa shape index (κ2) is 4.16. The van der Waals surface area contributed by atoms with Crippen molar-refractivity contribution in [2.75, 3.05) is 10.6 Å². The van der Waals surface area contributed by atoms with Gasteiger partial charge >= 0.3 is 0 Å². The monoisotopic (exact) mass is 270 g/mol. The lowest BCUT2D eigenvalue weighted by Crippen LogP contribution is -2.30. The Hall–Kier alpha value is -2.69. The van der Waals surface area contributed by atoms with Crippen LogP contribution in [0.4, 0.5) is 15.8 Å². The smallest absolute Gasteiger partial charge is 0.268 e. The van der Waals surface area contributed by atoms with Gasteiger partial charge in [0.05, 0.1) is 16.8 Å². The van der Waals surface area contributed by atoms with E-state index in [1.807, 2.05) is 0 Å². The van der Waals surface area contributed by atoms with Crippen molar-refractivity contribution in [1.29, 1.82) is 0 Å². The minimum atomic E-state index is -0.517. The summed E-state index contributed by atoms with van der Waals surface area (Å²) in [5, 5.41) is 0. The summed E-state index contributed by atoms with van der Waals surface area (Å²) in [5.41, 5.74) is 7.32. The number of amides is 2. The molecule has 3 rings (SSSR count). The number of carbonyl (C=O) groups excluding carboxylic acids is 2. The highest BCUT2D eigenvalue weighted by atomic mass is 19.1. The standard InChI is InChI=1S/C15H11FN2O2/c1-8-5-6-9(16)7-12(8)18-14(19)10-3-2-4-11(17)13(10)15(18)20/h2-7H,17H2,1H3. The number of nitrogens with two attached hydrogens (primary N) is 1. The number of halogens is 1. The molecule has 0 bridgehead atoms.